The Bertz CT molecular complexity index is 980. The molecule has 1 aromatic heterocycles. The Hall–Kier alpha value is -3.11. The van der Waals surface area contributed by atoms with Crippen LogP contribution in [-0.2, 0) is 4.79 Å². The lowest BCUT2D eigenvalue weighted by Gasteiger charge is -2.05. The maximum absolute atomic E-state index is 12.4. The first-order valence-corrected chi connectivity index (χ1v) is 8.86. The number of aliphatic imine (C=N–C) groups is 1. The van der Waals surface area contributed by atoms with Crippen molar-refractivity contribution in [1.29, 1.82) is 5.26 Å². The van der Waals surface area contributed by atoms with E-state index in [1.165, 1.54) is 0 Å². The Morgan fingerprint density at radius 1 is 1.44 bits per heavy atom. The summed E-state index contributed by atoms with van der Waals surface area (Å²) in [6, 6.07) is 6.97. The van der Waals surface area contributed by atoms with Crippen molar-refractivity contribution in [3.05, 3.63) is 58.5 Å². The number of carbonyl (C=O) groups excluding carboxylic acids is 1. The molecule has 1 aliphatic rings. The van der Waals surface area contributed by atoms with E-state index >= 15 is 0 Å². The zero-order valence-electron chi connectivity index (χ0n) is 14.8. The van der Waals surface area contributed by atoms with Gasteiger partial charge in [-0.25, -0.2) is 4.68 Å². The predicted molar refractivity (Wildman–Crippen MR) is 103 cm³/mol. The Morgan fingerprint density at radius 2 is 2.19 bits per heavy atom. The minimum Gasteiger partial charge on any atom is -0.402 e. The Kier molecular flexibility index (Phi) is 5.28. The Labute approximate surface area is 161 Å². The van der Waals surface area contributed by atoms with Crippen LogP contribution in [0.4, 0.5) is 0 Å². The fraction of sp³-hybridized carbons (Fsp3) is 0.263. The summed E-state index contributed by atoms with van der Waals surface area (Å²) in [6.45, 7) is 1.73. The number of amidine groups is 1. The van der Waals surface area contributed by atoms with Crippen LogP contribution in [-0.4, -0.2) is 21.5 Å². The number of hydrogen-bond acceptors (Lipinski definition) is 4. The number of rotatable bonds is 5. The molecule has 1 fully saturated rings. The van der Waals surface area contributed by atoms with E-state index in [0.29, 0.717) is 33.5 Å². The number of nitrogens with two attached hydrogens (primary N) is 2. The van der Waals surface area contributed by atoms with E-state index in [1.807, 2.05) is 6.07 Å². The van der Waals surface area contributed by atoms with Gasteiger partial charge in [0.25, 0.3) is 5.91 Å². The van der Waals surface area contributed by atoms with Crippen LogP contribution < -0.4 is 11.5 Å². The van der Waals surface area contributed by atoms with Crippen LogP contribution in [0.3, 0.4) is 0 Å². The molecule has 0 spiro atoms. The zero-order valence-corrected chi connectivity index (χ0v) is 15.5. The molecule has 1 amide bonds. The van der Waals surface area contributed by atoms with Crippen LogP contribution in [0.25, 0.3) is 5.69 Å². The van der Waals surface area contributed by atoms with Crippen molar-refractivity contribution in [2.75, 3.05) is 0 Å². The van der Waals surface area contributed by atoms with E-state index in [9.17, 15) is 4.79 Å². The standard InChI is InChI=1S/C19H19ClN6O/c1-11(19(27)25-18(23)7-17(22)13-2-3-13)14-9-24-26(10-14)16-5-12(8-21)4-15(20)6-16/h4-7,9-11,13H,2-3,22H2,1H3,(H2,23,25,27)/b17-7-. The van der Waals surface area contributed by atoms with Crippen LogP contribution >= 0.6 is 11.6 Å². The topological polar surface area (TPSA) is 123 Å². The third kappa shape index (κ3) is 4.54. The zero-order chi connectivity index (χ0) is 19.6. The lowest BCUT2D eigenvalue weighted by atomic mass is 10.1. The molecule has 138 valence electrons. The monoisotopic (exact) mass is 382 g/mol. The fourth-order valence-electron chi connectivity index (χ4n) is 2.58. The van der Waals surface area contributed by atoms with Gasteiger partial charge in [0, 0.05) is 22.5 Å². The molecule has 1 saturated carbocycles. The lowest BCUT2D eigenvalue weighted by Crippen LogP contribution is -2.17. The van der Waals surface area contributed by atoms with E-state index in [1.54, 1.807) is 48.3 Å². The number of nitrogens with zero attached hydrogens (tertiary/aromatic N) is 4. The molecule has 2 aromatic rings. The van der Waals surface area contributed by atoms with Gasteiger partial charge in [0.05, 0.1) is 29.4 Å². The van der Waals surface area contributed by atoms with Crippen molar-refractivity contribution < 1.29 is 4.79 Å². The summed E-state index contributed by atoms with van der Waals surface area (Å²) >= 11 is 6.03. The molecule has 1 heterocycles. The molecule has 8 heteroatoms. The number of aromatic nitrogens is 2. The van der Waals surface area contributed by atoms with Crippen LogP contribution in [0.1, 0.15) is 36.8 Å². The molecule has 0 aliphatic heterocycles. The molecule has 1 atom stereocenters. The average Bonchev–Trinajstić information content (AvgIpc) is 3.37. The molecule has 1 aliphatic carbocycles. The van der Waals surface area contributed by atoms with Gasteiger partial charge in [-0.2, -0.15) is 15.4 Å². The number of benzene rings is 1. The number of nitriles is 1. The van der Waals surface area contributed by atoms with E-state index in [2.05, 4.69) is 10.1 Å². The van der Waals surface area contributed by atoms with E-state index in [-0.39, 0.29) is 11.7 Å². The summed E-state index contributed by atoms with van der Waals surface area (Å²) in [4.78, 5) is 16.3. The maximum Gasteiger partial charge on any atom is 0.254 e. The van der Waals surface area contributed by atoms with Gasteiger partial charge in [0.15, 0.2) is 0 Å². The molecule has 3 rings (SSSR count). The lowest BCUT2D eigenvalue weighted by molar-refractivity contribution is -0.118. The highest BCUT2D eigenvalue weighted by Gasteiger charge is 2.24. The van der Waals surface area contributed by atoms with E-state index in [4.69, 9.17) is 28.3 Å². The largest absolute Gasteiger partial charge is 0.402 e. The van der Waals surface area contributed by atoms with Gasteiger partial charge in [-0.3, -0.25) is 4.79 Å². The number of halogens is 1. The third-order valence-corrected chi connectivity index (χ3v) is 4.57. The maximum atomic E-state index is 12.4. The Morgan fingerprint density at radius 3 is 2.85 bits per heavy atom. The third-order valence-electron chi connectivity index (χ3n) is 4.35. The minimum atomic E-state index is -0.525. The molecule has 0 bridgehead atoms. The smallest absolute Gasteiger partial charge is 0.254 e. The van der Waals surface area contributed by atoms with Crippen molar-refractivity contribution in [3.8, 4) is 11.8 Å². The van der Waals surface area contributed by atoms with Crippen LogP contribution in [0.5, 0.6) is 0 Å². The Balaban J connectivity index is 1.77. The van der Waals surface area contributed by atoms with Crippen molar-refractivity contribution in [2.45, 2.75) is 25.7 Å². The predicted octanol–water partition coefficient (Wildman–Crippen LogP) is 2.64. The normalized spacial score (nSPS) is 16.0. The van der Waals surface area contributed by atoms with Gasteiger partial charge >= 0.3 is 0 Å². The second kappa shape index (κ2) is 7.64. The summed E-state index contributed by atoms with van der Waals surface area (Å²) in [5, 5.41) is 13.7. The summed E-state index contributed by atoms with van der Waals surface area (Å²) in [5.74, 6) is -0.434. The molecule has 1 aromatic carbocycles. The quantitative estimate of drug-likeness (QED) is 0.607. The summed E-state index contributed by atoms with van der Waals surface area (Å²) in [6.07, 6.45) is 6.94. The first-order valence-electron chi connectivity index (χ1n) is 8.48. The van der Waals surface area contributed by atoms with Crippen LogP contribution in [0, 0.1) is 17.2 Å². The average molecular weight is 383 g/mol. The highest BCUT2D eigenvalue weighted by atomic mass is 35.5. The van der Waals surface area contributed by atoms with Gasteiger partial charge in [-0.1, -0.05) is 11.6 Å². The minimum absolute atomic E-state index is 0.108. The number of amides is 1. The summed E-state index contributed by atoms with van der Waals surface area (Å²) in [7, 11) is 0. The van der Waals surface area contributed by atoms with Crippen molar-refractivity contribution >= 4 is 23.3 Å². The molecular formula is C19H19ClN6O. The second-order valence-corrected chi connectivity index (χ2v) is 6.98. The van der Waals surface area contributed by atoms with Crippen molar-refractivity contribution in [2.24, 2.45) is 22.4 Å². The summed E-state index contributed by atoms with van der Waals surface area (Å²) < 4.78 is 1.56. The van der Waals surface area contributed by atoms with Gasteiger partial charge in [0.1, 0.15) is 5.84 Å². The van der Waals surface area contributed by atoms with Gasteiger partial charge in [0.2, 0.25) is 0 Å². The highest BCUT2D eigenvalue weighted by Crippen LogP contribution is 2.33. The molecule has 0 saturated heterocycles. The molecular weight excluding hydrogens is 364 g/mol. The first-order chi connectivity index (χ1) is 12.9. The van der Waals surface area contributed by atoms with Gasteiger partial charge in [-0.15, -0.1) is 0 Å². The van der Waals surface area contributed by atoms with Crippen LogP contribution in [0.2, 0.25) is 5.02 Å². The van der Waals surface area contributed by atoms with Gasteiger partial charge < -0.3 is 11.5 Å². The number of allylic oxidation sites excluding steroid dienone is 1. The van der Waals surface area contributed by atoms with Crippen molar-refractivity contribution in [3.63, 3.8) is 0 Å². The molecule has 0 radical (unpaired) electrons. The van der Waals surface area contributed by atoms with Crippen molar-refractivity contribution in [1.82, 2.24) is 9.78 Å². The molecule has 1 unspecified atom stereocenters. The van der Waals surface area contributed by atoms with E-state index in [0.717, 1.165) is 12.8 Å². The fourth-order valence-corrected chi connectivity index (χ4v) is 2.81. The first kappa shape index (κ1) is 18.7. The summed E-state index contributed by atoms with van der Waals surface area (Å²) in [5.41, 5.74) is 14.1. The molecule has 4 N–H and O–H groups in total. The molecule has 27 heavy (non-hydrogen) atoms. The second-order valence-electron chi connectivity index (χ2n) is 6.54. The SMILES string of the molecule is CC(C(=O)N=C(N)/C=C(\N)C1CC1)c1cnn(-c2cc(Cl)cc(C#N)c2)c1. The van der Waals surface area contributed by atoms with Gasteiger partial charge in [-0.05, 0) is 50.0 Å². The van der Waals surface area contributed by atoms with E-state index < -0.39 is 5.92 Å². The van der Waals surface area contributed by atoms with Crippen LogP contribution in [0.15, 0.2) is 47.4 Å². The number of carbonyl (C=O) groups is 1. The molecule has 7 nitrogen and oxygen atoms in total. The highest BCUT2D eigenvalue weighted by molar-refractivity contribution is 6.30. The number of hydrogen-bond donors (Lipinski definition) is 2.